The van der Waals surface area contributed by atoms with Crippen LogP contribution in [0.1, 0.15) is 0 Å². The second kappa shape index (κ2) is 3.16. The Balaban J connectivity index is 2.00. The first-order chi connectivity index (χ1) is 4.68. The number of likely N-dealkylation sites (tertiary alicyclic amines) is 1. The van der Waals surface area contributed by atoms with Crippen LogP contribution in [0.3, 0.4) is 0 Å². The summed E-state index contributed by atoms with van der Waals surface area (Å²) in [5.74, 6) is 0.742. The summed E-state index contributed by atoms with van der Waals surface area (Å²) in [6.45, 7) is 3.25. The quantitative estimate of drug-likeness (QED) is 0.527. The highest BCUT2D eigenvalue weighted by atomic mass is 32.1. The molecule has 0 aromatic heterocycles. The number of thiocarbonyl (C=S) groups is 1. The van der Waals surface area contributed by atoms with Crippen LogP contribution in [0.25, 0.3) is 0 Å². The van der Waals surface area contributed by atoms with Gasteiger partial charge in [-0.2, -0.15) is 0 Å². The van der Waals surface area contributed by atoms with Crippen LogP contribution in [0.5, 0.6) is 0 Å². The van der Waals surface area contributed by atoms with E-state index in [0.29, 0.717) is 5.11 Å². The van der Waals surface area contributed by atoms with Crippen LogP contribution in [0.15, 0.2) is 0 Å². The molecular weight excluding hydrogens is 146 g/mol. The van der Waals surface area contributed by atoms with E-state index in [1.807, 2.05) is 0 Å². The fourth-order valence-corrected chi connectivity index (χ4v) is 1.29. The van der Waals surface area contributed by atoms with Crippen LogP contribution >= 0.6 is 12.2 Å². The minimum atomic E-state index is 0.412. The Morgan fingerprint density at radius 3 is 2.80 bits per heavy atom. The molecule has 1 rings (SSSR count). The van der Waals surface area contributed by atoms with Crippen molar-refractivity contribution >= 4 is 17.3 Å². The van der Waals surface area contributed by atoms with Crippen LogP contribution in [0.4, 0.5) is 0 Å². The summed E-state index contributed by atoms with van der Waals surface area (Å²) < 4.78 is 0. The number of nitrogens with zero attached hydrogens (tertiary/aromatic N) is 1. The van der Waals surface area contributed by atoms with Crippen molar-refractivity contribution in [3.8, 4) is 0 Å². The lowest BCUT2D eigenvalue weighted by atomic mass is 10.0. The van der Waals surface area contributed by atoms with Gasteiger partial charge < -0.3 is 16.0 Å². The molecular formula is C6H13N3S. The van der Waals surface area contributed by atoms with Crippen molar-refractivity contribution in [1.82, 2.24) is 10.2 Å². The van der Waals surface area contributed by atoms with E-state index in [1.54, 1.807) is 0 Å². The van der Waals surface area contributed by atoms with Crippen molar-refractivity contribution in [3.63, 3.8) is 0 Å². The van der Waals surface area contributed by atoms with Gasteiger partial charge in [-0.25, -0.2) is 0 Å². The van der Waals surface area contributed by atoms with Gasteiger partial charge in [-0.05, 0) is 19.3 Å². The smallest absolute Gasteiger partial charge is 0.163 e. The third-order valence-electron chi connectivity index (χ3n) is 1.70. The second-order valence-electron chi connectivity index (χ2n) is 2.83. The summed E-state index contributed by atoms with van der Waals surface area (Å²) in [6.07, 6.45) is 0. The van der Waals surface area contributed by atoms with E-state index in [-0.39, 0.29) is 0 Å². The van der Waals surface area contributed by atoms with Gasteiger partial charge in [-0.1, -0.05) is 0 Å². The zero-order valence-electron chi connectivity index (χ0n) is 6.13. The molecule has 0 saturated carbocycles. The molecule has 0 radical (unpaired) electrons. The maximum absolute atomic E-state index is 5.26. The average molecular weight is 159 g/mol. The van der Waals surface area contributed by atoms with Gasteiger partial charge in [-0.15, -0.1) is 0 Å². The molecule has 10 heavy (non-hydrogen) atoms. The average Bonchev–Trinajstić information content (AvgIpc) is 1.77. The van der Waals surface area contributed by atoms with E-state index in [9.17, 15) is 0 Å². The van der Waals surface area contributed by atoms with Crippen molar-refractivity contribution in [2.45, 2.75) is 0 Å². The van der Waals surface area contributed by atoms with E-state index in [4.69, 9.17) is 5.73 Å². The lowest BCUT2D eigenvalue weighted by molar-refractivity contribution is 0.137. The Bertz CT molecular complexity index is 131. The first-order valence-electron chi connectivity index (χ1n) is 3.40. The van der Waals surface area contributed by atoms with Gasteiger partial charge in [0.25, 0.3) is 0 Å². The van der Waals surface area contributed by atoms with E-state index >= 15 is 0 Å². The Morgan fingerprint density at radius 1 is 1.80 bits per heavy atom. The van der Waals surface area contributed by atoms with Crippen molar-refractivity contribution in [3.05, 3.63) is 0 Å². The van der Waals surface area contributed by atoms with E-state index in [0.717, 1.165) is 25.6 Å². The SMILES string of the molecule is CN1CC(CNC(N)=S)C1. The highest BCUT2D eigenvalue weighted by Crippen LogP contribution is 2.10. The topological polar surface area (TPSA) is 41.3 Å². The molecule has 3 N–H and O–H groups in total. The van der Waals surface area contributed by atoms with Crippen molar-refractivity contribution < 1.29 is 0 Å². The number of hydrogen-bond donors (Lipinski definition) is 2. The third kappa shape index (κ3) is 2.11. The number of nitrogens with one attached hydrogen (secondary N) is 1. The molecule has 0 atom stereocenters. The number of hydrogen-bond acceptors (Lipinski definition) is 2. The Morgan fingerprint density at radius 2 is 2.40 bits per heavy atom. The summed E-state index contributed by atoms with van der Waals surface area (Å²) in [6, 6.07) is 0. The van der Waals surface area contributed by atoms with Crippen LogP contribution in [-0.4, -0.2) is 36.7 Å². The summed E-state index contributed by atoms with van der Waals surface area (Å²) in [7, 11) is 2.11. The Labute approximate surface area is 66.6 Å². The van der Waals surface area contributed by atoms with Crippen LogP contribution in [0.2, 0.25) is 0 Å². The van der Waals surface area contributed by atoms with Crippen LogP contribution in [-0.2, 0) is 0 Å². The maximum Gasteiger partial charge on any atom is 0.163 e. The molecule has 0 spiro atoms. The largest absolute Gasteiger partial charge is 0.376 e. The molecule has 0 aliphatic carbocycles. The van der Waals surface area contributed by atoms with Gasteiger partial charge in [0.2, 0.25) is 0 Å². The Hall–Kier alpha value is -0.350. The lowest BCUT2D eigenvalue weighted by Gasteiger charge is -2.36. The number of nitrogens with two attached hydrogens (primary N) is 1. The van der Waals surface area contributed by atoms with Gasteiger partial charge in [-0.3, -0.25) is 0 Å². The highest BCUT2D eigenvalue weighted by molar-refractivity contribution is 7.80. The summed E-state index contributed by atoms with van der Waals surface area (Å²) in [5, 5.41) is 3.36. The molecule has 1 saturated heterocycles. The highest BCUT2D eigenvalue weighted by Gasteiger charge is 2.22. The van der Waals surface area contributed by atoms with E-state index in [1.165, 1.54) is 0 Å². The first kappa shape index (κ1) is 7.75. The van der Waals surface area contributed by atoms with Crippen molar-refractivity contribution in [1.29, 1.82) is 0 Å². The molecule has 0 aromatic rings. The van der Waals surface area contributed by atoms with Gasteiger partial charge in [0.15, 0.2) is 5.11 Å². The maximum atomic E-state index is 5.26. The molecule has 1 fully saturated rings. The van der Waals surface area contributed by atoms with E-state index < -0.39 is 0 Å². The summed E-state index contributed by atoms with van der Waals surface area (Å²) in [4.78, 5) is 2.27. The van der Waals surface area contributed by atoms with Gasteiger partial charge in [0, 0.05) is 25.6 Å². The molecule has 4 heteroatoms. The lowest BCUT2D eigenvalue weighted by Crippen LogP contribution is -2.49. The fourth-order valence-electron chi connectivity index (χ4n) is 1.20. The zero-order valence-corrected chi connectivity index (χ0v) is 6.95. The molecule has 3 nitrogen and oxygen atoms in total. The monoisotopic (exact) mass is 159 g/mol. The predicted octanol–water partition coefficient (Wildman–Crippen LogP) is -0.619. The van der Waals surface area contributed by atoms with E-state index in [2.05, 4.69) is 29.5 Å². The zero-order chi connectivity index (χ0) is 7.56. The molecule has 58 valence electrons. The van der Waals surface area contributed by atoms with Gasteiger partial charge in [0.1, 0.15) is 0 Å². The predicted molar refractivity (Wildman–Crippen MR) is 45.8 cm³/mol. The van der Waals surface area contributed by atoms with Gasteiger partial charge >= 0.3 is 0 Å². The molecule has 1 aliphatic rings. The second-order valence-corrected chi connectivity index (χ2v) is 3.27. The molecule has 0 aromatic carbocycles. The minimum absolute atomic E-state index is 0.412. The fraction of sp³-hybridized carbons (Fsp3) is 0.833. The molecule has 1 heterocycles. The molecule has 0 bridgehead atoms. The normalized spacial score (nSPS) is 20.1. The molecule has 0 amide bonds. The van der Waals surface area contributed by atoms with Gasteiger partial charge in [0.05, 0.1) is 0 Å². The first-order valence-corrected chi connectivity index (χ1v) is 3.81. The molecule has 0 unspecified atom stereocenters. The van der Waals surface area contributed by atoms with Crippen LogP contribution < -0.4 is 11.1 Å². The standard InChI is InChI=1S/C6H13N3S/c1-9-3-5(4-9)2-8-6(7)10/h5H,2-4H2,1H3,(H3,7,8,10). The van der Waals surface area contributed by atoms with Crippen molar-refractivity contribution in [2.75, 3.05) is 26.7 Å². The Kier molecular flexibility index (Phi) is 2.45. The molecule has 1 aliphatic heterocycles. The summed E-state index contributed by atoms with van der Waals surface area (Å²) >= 11 is 4.67. The summed E-state index contributed by atoms with van der Waals surface area (Å²) in [5.41, 5.74) is 5.26. The number of rotatable bonds is 2. The van der Waals surface area contributed by atoms with Crippen LogP contribution in [0, 0.1) is 5.92 Å². The van der Waals surface area contributed by atoms with Crippen molar-refractivity contribution in [2.24, 2.45) is 11.7 Å². The third-order valence-corrected chi connectivity index (χ3v) is 1.85. The minimum Gasteiger partial charge on any atom is -0.376 e.